The molecule has 0 amide bonds. The minimum absolute atomic E-state index is 0.375. The fraction of sp³-hybridized carbons (Fsp3) is 0.889. The molecule has 0 aromatic carbocycles. The van der Waals surface area contributed by atoms with Crippen molar-refractivity contribution in [2.45, 2.75) is 25.9 Å². The van der Waals surface area contributed by atoms with Crippen LogP contribution in [0.5, 0.6) is 0 Å². The molecule has 3 nitrogen and oxygen atoms in total. The number of ether oxygens (including phenoxy) is 1. The summed E-state index contributed by atoms with van der Waals surface area (Å²) >= 11 is 0. The maximum atomic E-state index is 12.0. The number of alkyl halides is 3. The van der Waals surface area contributed by atoms with Crippen LogP contribution in [0.1, 0.15) is 19.8 Å². The Labute approximate surface area is 86.7 Å². The highest BCUT2D eigenvalue weighted by atomic mass is 19.4. The van der Waals surface area contributed by atoms with Crippen molar-refractivity contribution >= 4 is 6.02 Å². The summed E-state index contributed by atoms with van der Waals surface area (Å²) in [6, 6.07) is 0.453. The maximum absolute atomic E-state index is 12.0. The first kappa shape index (κ1) is 12.1. The zero-order valence-electron chi connectivity index (χ0n) is 8.60. The van der Waals surface area contributed by atoms with Gasteiger partial charge in [0.25, 0.3) is 6.02 Å². The van der Waals surface area contributed by atoms with Crippen molar-refractivity contribution in [3.8, 4) is 0 Å². The third-order valence-corrected chi connectivity index (χ3v) is 2.08. The van der Waals surface area contributed by atoms with E-state index in [4.69, 9.17) is 4.74 Å². The molecule has 0 aromatic rings. The smallest absolute Gasteiger partial charge is 0.389 e. The van der Waals surface area contributed by atoms with Gasteiger partial charge in [0.2, 0.25) is 0 Å². The number of amidine groups is 1. The summed E-state index contributed by atoms with van der Waals surface area (Å²) in [5.74, 6) is -0.375. The molecule has 0 saturated carbocycles. The van der Waals surface area contributed by atoms with Crippen LogP contribution < -0.4 is 5.32 Å². The second-order valence-electron chi connectivity index (χ2n) is 3.68. The first-order chi connectivity index (χ1) is 6.97. The molecule has 1 atom stereocenters. The van der Waals surface area contributed by atoms with E-state index in [1.165, 1.54) is 0 Å². The van der Waals surface area contributed by atoms with Crippen molar-refractivity contribution in [1.82, 2.24) is 5.32 Å². The predicted octanol–water partition coefficient (Wildman–Crippen LogP) is 1.94. The normalized spacial score (nSPS) is 18.3. The molecule has 0 fully saturated rings. The Hall–Kier alpha value is -0.940. The maximum Gasteiger partial charge on any atom is 0.389 e. The van der Waals surface area contributed by atoms with Crippen molar-refractivity contribution in [1.29, 1.82) is 0 Å². The Morgan fingerprint density at radius 3 is 2.80 bits per heavy atom. The summed E-state index contributed by atoms with van der Waals surface area (Å²) in [5.41, 5.74) is 0. The van der Waals surface area contributed by atoms with E-state index in [0.29, 0.717) is 32.1 Å². The van der Waals surface area contributed by atoms with Gasteiger partial charge in [0.1, 0.15) is 6.61 Å². The first-order valence-corrected chi connectivity index (χ1v) is 4.95. The number of aliphatic imine (C=N–C) groups is 1. The van der Waals surface area contributed by atoms with Gasteiger partial charge in [-0.25, -0.2) is 4.99 Å². The molecule has 6 heteroatoms. The van der Waals surface area contributed by atoms with Gasteiger partial charge in [0.15, 0.2) is 0 Å². The minimum atomic E-state index is -4.07. The Morgan fingerprint density at radius 1 is 1.53 bits per heavy atom. The summed E-state index contributed by atoms with van der Waals surface area (Å²) in [6.07, 6.45) is -4.34. The number of halogens is 3. The fourth-order valence-electron chi connectivity index (χ4n) is 1.36. The van der Waals surface area contributed by atoms with Crippen LogP contribution in [0, 0.1) is 5.92 Å². The lowest BCUT2D eigenvalue weighted by molar-refractivity contribution is -0.143. The number of hydrogen-bond donors (Lipinski definition) is 1. The van der Waals surface area contributed by atoms with Gasteiger partial charge in [-0.2, -0.15) is 13.2 Å². The third kappa shape index (κ3) is 5.49. The average molecular weight is 224 g/mol. The SMILES string of the molecule is CC(CCNC1=NCCO1)CC(F)(F)F. The number of rotatable bonds is 4. The monoisotopic (exact) mass is 224 g/mol. The van der Waals surface area contributed by atoms with Crippen LogP contribution in [0.3, 0.4) is 0 Å². The molecule has 0 aromatic heterocycles. The molecular weight excluding hydrogens is 209 g/mol. The highest BCUT2D eigenvalue weighted by Gasteiger charge is 2.29. The summed E-state index contributed by atoms with van der Waals surface area (Å²) in [6.45, 7) is 3.24. The molecule has 1 aliphatic rings. The molecule has 1 aliphatic heterocycles. The second-order valence-corrected chi connectivity index (χ2v) is 3.68. The van der Waals surface area contributed by atoms with E-state index in [1.54, 1.807) is 6.92 Å². The molecule has 0 saturated heterocycles. The van der Waals surface area contributed by atoms with E-state index in [1.807, 2.05) is 0 Å². The summed E-state index contributed by atoms with van der Waals surface area (Å²) in [5, 5.41) is 2.86. The molecule has 1 unspecified atom stereocenters. The van der Waals surface area contributed by atoms with Crippen molar-refractivity contribution in [2.75, 3.05) is 19.7 Å². The quantitative estimate of drug-likeness (QED) is 0.791. The van der Waals surface area contributed by atoms with Crippen molar-refractivity contribution in [2.24, 2.45) is 10.9 Å². The molecule has 15 heavy (non-hydrogen) atoms. The number of nitrogens with zero attached hydrogens (tertiary/aromatic N) is 1. The predicted molar refractivity (Wildman–Crippen MR) is 50.7 cm³/mol. The van der Waals surface area contributed by atoms with Crippen molar-refractivity contribution in [3.05, 3.63) is 0 Å². The molecule has 0 radical (unpaired) electrons. The van der Waals surface area contributed by atoms with Gasteiger partial charge in [0, 0.05) is 13.0 Å². The Bertz CT molecular complexity index is 228. The van der Waals surface area contributed by atoms with E-state index in [2.05, 4.69) is 10.3 Å². The van der Waals surface area contributed by atoms with E-state index in [9.17, 15) is 13.2 Å². The van der Waals surface area contributed by atoms with Gasteiger partial charge in [-0.3, -0.25) is 0 Å². The van der Waals surface area contributed by atoms with Gasteiger partial charge in [0.05, 0.1) is 6.54 Å². The van der Waals surface area contributed by atoms with Crippen molar-refractivity contribution < 1.29 is 17.9 Å². The molecule has 88 valence electrons. The summed E-state index contributed by atoms with van der Waals surface area (Å²) < 4.78 is 40.9. The lowest BCUT2D eigenvalue weighted by atomic mass is 10.0. The van der Waals surface area contributed by atoms with Crippen LogP contribution in [0.2, 0.25) is 0 Å². The Kier molecular flexibility index (Phi) is 4.23. The standard InChI is InChI=1S/C9H15F3N2O/c1-7(6-9(10,11)12)2-3-13-8-14-4-5-15-8/h7H,2-6H2,1H3,(H,13,14). The van der Waals surface area contributed by atoms with E-state index < -0.39 is 12.6 Å². The fourth-order valence-corrected chi connectivity index (χ4v) is 1.36. The molecule has 0 aliphatic carbocycles. The van der Waals surface area contributed by atoms with E-state index >= 15 is 0 Å². The highest BCUT2D eigenvalue weighted by Crippen LogP contribution is 2.25. The van der Waals surface area contributed by atoms with E-state index in [-0.39, 0.29) is 5.92 Å². The van der Waals surface area contributed by atoms with Gasteiger partial charge in [-0.05, 0) is 12.3 Å². The van der Waals surface area contributed by atoms with E-state index in [0.717, 1.165) is 0 Å². The topological polar surface area (TPSA) is 33.6 Å². The molecule has 0 bridgehead atoms. The Morgan fingerprint density at radius 2 is 2.27 bits per heavy atom. The van der Waals surface area contributed by atoms with Crippen LogP contribution in [-0.4, -0.2) is 31.9 Å². The van der Waals surface area contributed by atoms with Gasteiger partial charge in [-0.1, -0.05) is 6.92 Å². The zero-order chi connectivity index (χ0) is 11.3. The van der Waals surface area contributed by atoms with Crippen LogP contribution in [0.4, 0.5) is 13.2 Å². The molecule has 1 rings (SSSR count). The van der Waals surface area contributed by atoms with Crippen LogP contribution in [0.15, 0.2) is 4.99 Å². The number of hydrogen-bond acceptors (Lipinski definition) is 3. The van der Waals surface area contributed by atoms with Crippen molar-refractivity contribution in [3.63, 3.8) is 0 Å². The van der Waals surface area contributed by atoms with Gasteiger partial charge >= 0.3 is 6.18 Å². The summed E-state index contributed by atoms with van der Waals surface area (Å²) in [4.78, 5) is 3.97. The second kappa shape index (κ2) is 5.23. The lowest BCUT2D eigenvalue weighted by Crippen LogP contribution is -2.26. The van der Waals surface area contributed by atoms with Crippen LogP contribution >= 0.6 is 0 Å². The molecule has 0 spiro atoms. The lowest BCUT2D eigenvalue weighted by Gasteiger charge is -2.14. The minimum Gasteiger partial charge on any atom is -0.463 e. The van der Waals surface area contributed by atoms with Gasteiger partial charge < -0.3 is 10.1 Å². The van der Waals surface area contributed by atoms with Crippen LogP contribution in [0.25, 0.3) is 0 Å². The molecule has 1 heterocycles. The average Bonchev–Trinajstić information content (AvgIpc) is 2.53. The third-order valence-electron chi connectivity index (χ3n) is 2.08. The summed E-state index contributed by atoms with van der Waals surface area (Å²) in [7, 11) is 0. The number of nitrogens with one attached hydrogen (secondary N) is 1. The molecule has 1 N–H and O–H groups in total. The van der Waals surface area contributed by atoms with Gasteiger partial charge in [-0.15, -0.1) is 0 Å². The largest absolute Gasteiger partial charge is 0.463 e. The molecular formula is C9H15F3N2O. The zero-order valence-corrected chi connectivity index (χ0v) is 8.60. The van der Waals surface area contributed by atoms with Crippen LogP contribution in [-0.2, 0) is 4.74 Å². The first-order valence-electron chi connectivity index (χ1n) is 4.95. The Balaban J connectivity index is 2.09. The highest BCUT2D eigenvalue weighted by molar-refractivity contribution is 5.74.